The quantitative estimate of drug-likeness (QED) is 0.514. The maximum atomic E-state index is 10.8. The summed E-state index contributed by atoms with van der Waals surface area (Å²) in [6, 6.07) is 9.51. The predicted octanol–water partition coefficient (Wildman–Crippen LogP) is 4.67. The van der Waals surface area contributed by atoms with Crippen molar-refractivity contribution in [1.82, 2.24) is 0 Å². The Labute approximate surface area is 157 Å². The Morgan fingerprint density at radius 3 is 1.48 bits per heavy atom. The molecule has 2 aromatic carbocycles. The molecule has 0 spiro atoms. The SMILES string of the molecule is Cc1cc([N+](=O)[O-])ccc1NCC(C)(C)CNc1ccc([N+](=O)[O-])cc1C. The fraction of sp³-hybridized carbons (Fsp3) is 0.368. The van der Waals surface area contributed by atoms with E-state index in [0.717, 1.165) is 22.5 Å². The van der Waals surface area contributed by atoms with E-state index < -0.39 is 9.85 Å². The Kier molecular flexibility index (Phi) is 5.99. The second-order valence-corrected chi connectivity index (χ2v) is 7.38. The van der Waals surface area contributed by atoms with Crippen molar-refractivity contribution in [1.29, 1.82) is 0 Å². The molecule has 0 aliphatic heterocycles. The van der Waals surface area contributed by atoms with Crippen LogP contribution in [-0.4, -0.2) is 22.9 Å². The van der Waals surface area contributed by atoms with Crippen molar-refractivity contribution in [3.63, 3.8) is 0 Å². The van der Waals surface area contributed by atoms with Crippen molar-refractivity contribution in [2.75, 3.05) is 23.7 Å². The molecule has 0 saturated heterocycles. The number of nitro groups is 2. The van der Waals surface area contributed by atoms with Crippen LogP contribution in [0.2, 0.25) is 0 Å². The maximum Gasteiger partial charge on any atom is 0.269 e. The van der Waals surface area contributed by atoms with Crippen molar-refractivity contribution >= 4 is 22.7 Å². The van der Waals surface area contributed by atoms with Gasteiger partial charge < -0.3 is 10.6 Å². The molecule has 0 atom stereocenters. The second-order valence-electron chi connectivity index (χ2n) is 7.38. The summed E-state index contributed by atoms with van der Waals surface area (Å²) in [5, 5.41) is 28.3. The largest absolute Gasteiger partial charge is 0.384 e. The summed E-state index contributed by atoms with van der Waals surface area (Å²) in [5.41, 5.74) is 3.39. The van der Waals surface area contributed by atoms with Crippen LogP contribution in [0.4, 0.5) is 22.7 Å². The molecule has 2 aromatic rings. The van der Waals surface area contributed by atoms with Crippen LogP contribution < -0.4 is 10.6 Å². The van der Waals surface area contributed by atoms with Gasteiger partial charge in [0, 0.05) is 48.7 Å². The molecule has 0 bridgehead atoms. The number of anilines is 2. The number of aryl methyl sites for hydroxylation is 2. The highest BCUT2D eigenvalue weighted by Crippen LogP contribution is 2.25. The van der Waals surface area contributed by atoms with Crippen LogP contribution in [0.5, 0.6) is 0 Å². The molecule has 2 N–H and O–H groups in total. The second kappa shape index (κ2) is 8.03. The van der Waals surface area contributed by atoms with E-state index in [0.29, 0.717) is 13.1 Å². The maximum absolute atomic E-state index is 10.8. The zero-order valence-electron chi connectivity index (χ0n) is 15.9. The van der Waals surface area contributed by atoms with E-state index in [4.69, 9.17) is 0 Å². The Balaban J connectivity index is 1.97. The lowest BCUT2D eigenvalue weighted by Crippen LogP contribution is -2.31. The smallest absolute Gasteiger partial charge is 0.269 e. The molecule has 0 unspecified atom stereocenters. The highest BCUT2D eigenvalue weighted by Gasteiger charge is 2.19. The van der Waals surface area contributed by atoms with Crippen LogP contribution in [0, 0.1) is 39.5 Å². The van der Waals surface area contributed by atoms with E-state index in [9.17, 15) is 20.2 Å². The van der Waals surface area contributed by atoms with Crippen LogP contribution >= 0.6 is 0 Å². The molecule has 0 amide bonds. The molecule has 2 rings (SSSR count). The van der Waals surface area contributed by atoms with Crippen LogP contribution in [0.3, 0.4) is 0 Å². The van der Waals surface area contributed by atoms with E-state index >= 15 is 0 Å². The fourth-order valence-corrected chi connectivity index (χ4v) is 2.65. The van der Waals surface area contributed by atoms with Crippen molar-refractivity contribution in [3.05, 3.63) is 67.8 Å². The molecule has 0 saturated carbocycles. The molecule has 0 radical (unpaired) electrons. The molecule has 0 fully saturated rings. The van der Waals surface area contributed by atoms with Crippen LogP contribution in [0.1, 0.15) is 25.0 Å². The minimum Gasteiger partial charge on any atom is -0.384 e. The third kappa shape index (κ3) is 5.40. The van der Waals surface area contributed by atoms with Crippen LogP contribution in [0.15, 0.2) is 36.4 Å². The highest BCUT2D eigenvalue weighted by atomic mass is 16.6. The summed E-state index contributed by atoms with van der Waals surface area (Å²) >= 11 is 0. The molecule has 8 nitrogen and oxygen atoms in total. The number of rotatable bonds is 8. The van der Waals surface area contributed by atoms with E-state index in [-0.39, 0.29) is 16.8 Å². The van der Waals surface area contributed by atoms with Gasteiger partial charge in [-0.3, -0.25) is 20.2 Å². The molecule has 0 aromatic heterocycles. The first kappa shape index (κ1) is 20.2. The van der Waals surface area contributed by atoms with Gasteiger partial charge >= 0.3 is 0 Å². The summed E-state index contributed by atoms with van der Waals surface area (Å²) in [6.45, 7) is 9.17. The highest BCUT2D eigenvalue weighted by molar-refractivity contribution is 5.56. The third-order valence-corrected chi connectivity index (χ3v) is 4.36. The van der Waals surface area contributed by atoms with Gasteiger partial charge in [-0.15, -0.1) is 0 Å². The molecular formula is C19H24N4O4. The zero-order valence-corrected chi connectivity index (χ0v) is 15.9. The predicted molar refractivity (Wildman–Crippen MR) is 106 cm³/mol. The lowest BCUT2D eigenvalue weighted by Gasteiger charge is -2.27. The minimum atomic E-state index is -0.406. The zero-order chi connectivity index (χ0) is 20.2. The normalized spacial score (nSPS) is 11.1. The summed E-state index contributed by atoms with van der Waals surface area (Å²) in [5.74, 6) is 0. The van der Waals surface area contributed by atoms with Gasteiger partial charge in [-0.05, 0) is 42.5 Å². The molecule has 0 aliphatic carbocycles. The van der Waals surface area contributed by atoms with E-state index in [1.807, 2.05) is 13.8 Å². The van der Waals surface area contributed by atoms with E-state index in [1.165, 1.54) is 12.1 Å². The fourth-order valence-electron chi connectivity index (χ4n) is 2.65. The van der Waals surface area contributed by atoms with E-state index in [1.54, 1.807) is 24.3 Å². The number of hydrogen-bond acceptors (Lipinski definition) is 6. The third-order valence-electron chi connectivity index (χ3n) is 4.36. The molecule has 144 valence electrons. The summed E-state index contributed by atoms with van der Waals surface area (Å²) in [4.78, 5) is 20.8. The first-order valence-corrected chi connectivity index (χ1v) is 8.57. The summed E-state index contributed by atoms with van der Waals surface area (Å²) in [7, 11) is 0. The van der Waals surface area contributed by atoms with Crippen molar-refractivity contribution in [2.45, 2.75) is 27.7 Å². The van der Waals surface area contributed by atoms with Gasteiger partial charge in [0.25, 0.3) is 11.4 Å². The standard InChI is InChI=1S/C19H24N4O4/c1-13-9-15(22(24)25)5-7-17(13)20-11-19(3,4)12-21-18-8-6-16(23(26)27)10-14(18)2/h5-10,20-21H,11-12H2,1-4H3. The van der Waals surface area contributed by atoms with Crippen molar-refractivity contribution in [3.8, 4) is 0 Å². The lowest BCUT2D eigenvalue weighted by atomic mass is 9.92. The van der Waals surface area contributed by atoms with Crippen LogP contribution in [-0.2, 0) is 0 Å². The Morgan fingerprint density at radius 1 is 0.815 bits per heavy atom. The molecule has 27 heavy (non-hydrogen) atoms. The summed E-state index contributed by atoms with van der Waals surface area (Å²) < 4.78 is 0. The minimum absolute atomic E-state index is 0.0765. The average molecular weight is 372 g/mol. The van der Waals surface area contributed by atoms with Crippen LogP contribution in [0.25, 0.3) is 0 Å². The first-order valence-electron chi connectivity index (χ1n) is 8.57. The van der Waals surface area contributed by atoms with Crippen molar-refractivity contribution < 1.29 is 9.85 Å². The van der Waals surface area contributed by atoms with Gasteiger partial charge in [0.1, 0.15) is 0 Å². The van der Waals surface area contributed by atoms with Gasteiger partial charge in [0.15, 0.2) is 0 Å². The number of non-ortho nitro benzene ring substituents is 2. The number of benzene rings is 2. The number of nitrogens with zero attached hydrogens (tertiary/aromatic N) is 2. The van der Waals surface area contributed by atoms with Gasteiger partial charge in [-0.1, -0.05) is 13.8 Å². The van der Waals surface area contributed by atoms with Gasteiger partial charge in [0.2, 0.25) is 0 Å². The van der Waals surface area contributed by atoms with Gasteiger partial charge in [-0.25, -0.2) is 0 Å². The molecule has 0 aliphatic rings. The number of hydrogen-bond donors (Lipinski definition) is 2. The monoisotopic (exact) mass is 372 g/mol. The van der Waals surface area contributed by atoms with Crippen molar-refractivity contribution in [2.24, 2.45) is 5.41 Å². The topological polar surface area (TPSA) is 110 Å². The number of nitrogens with one attached hydrogen (secondary N) is 2. The van der Waals surface area contributed by atoms with Gasteiger partial charge in [-0.2, -0.15) is 0 Å². The molecular weight excluding hydrogens is 348 g/mol. The lowest BCUT2D eigenvalue weighted by molar-refractivity contribution is -0.385. The molecule has 0 heterocycles. The molecule has 8 heteroatoms. The summed E-state index contributed by atoms with van der Waals surface area (Å²) in [6.07, 6.45) is 0. The van der Waals surface area contributed by atoms with Gasteiger partial charge in [0.05, 0.1) is 9.85 Å². The Hall–Kier alpha value is -3.16. The Morgan fingerprint density at radius 2 is 1.19 bits per heavy atom. The average Bonchev–Trinajstić information content (AvgIpc) is 2.59. The number of nitro benzene ring substituents is 2. The first-order chi connectivity index (χ1) is 12.6. The van der Waals surface area contributed by atoms with E-state index in [2.05, 4.69) is 24.5 Å². The Bertz CT molecular complexity index is 795.